The van der Waals surface area contributed by atoms with Crippen LogP contribution >= 0.6 is 0 Å². The van der Waals surface area contributed by atoms with Gasteiger partial charge in [-0.15, -0.1) is 0 Å². The molecule has 15 heavy (non-hydrogen) atoms. The summed E-state index contributed by atoms with van der Waals surface area (Å²) in [6.07, 6.45) is 4.09. The fraction of sp³-hybridized carbons (Fsp3) is 0.917. The minimum atomic E-state index is -0.350. The first-order valence-electron chi connectivity index (χ1n) is 5.63. The summed E-state index contributed by atoms with van der Waals surface area (Å²) >= 11 is 0. The van der Waals surface area contributed by atoms with E-state index in [2.05, 4.69) is 6.92 Å². The molecule has 0 aromatic rings. The third-order valence-corrected chi connectivity index (χ3v) is 2.14. The number of hydrogen-bond acceptors (Lipinski definition) is 2. The van der Waals surface area contributed by atoms with Crippen LogP contribution in [0.25, 0.3) is 0 Å². The summed E-state index contributed by atoms with van der Waals surface area (Å²) in [7, 11) is 0. The van der Waals surface area contributed by atoms with Gasteiger partial charge in [-0.05, 0) is 33.6 Å². The van der Waals surface area contributed by atoms with Crippen LogP contribution in [-0.4, -0.2) is 63.0 Å². The molecule has 0 aliphatic heterocycles. The van der Waals surface area contributed by atoms with E-state index in [4.69, 9.17) is 4.74 Å². The number of esters is 1. The normalized spacial score (nSPS) is 12.9. The maximum absolute atomic E-state index is 11.7. The summed E-state index contributed by atoms with van der Waals surface area (Å²) in [6, 6.07) is 0. The summed E-state index contributed by atoms with van der Waals surface area (Å²) in [5.41, 5.74) is -0.350. The van der Waals surface area contributed by atoms with E-state index in [0.717, 1.165) is 25.7 Å². The van der Waals surface area contributed by atoms with Crippen LogP contribution < -0.4 is 0 Å². The van der Waals surface area contributed by atoms with Crippen LogP contribution in [0.1, 0.15) is 60.3 Å². The van der Waals surface area contributed by atoms with Gasteiger partial charge in [0.05, 0.1) is 5.92 Å². The Labute approximate surface area is 137 Å². The zero-order valence-electron chi connectivity index (χ0n) is 10.2. The van der Waals surface area contributed by atoms with Crippen molar-refractivity contribution in [1.29, 1.82) is 0 Å². The average molecular weight is 240 g/mol. The molecule has 0 fully saturated rings. The van der Waals surface area contributed by atoms with Crippen LogP contribution in [0.15, 0.2) is 0 Å². The number of ether oxygens (including phenoxy) is 1. The van der Waals surface area contributed by atoms with Crippen molar-refractivity contribution in [1.82, 2.24) is 0 Å². The molecule has 0 radical (unpaired) electrons. The predicted octanol–water partition coefficient (Wildman–Crippen LogP) is 2.90. The summed E-state index contributed by atoms with van der Waals surface area (Å²) < 4.78 is 5.35. The van der Waals surface area contributed by atoms with E-state index in [1.54, 1.807) is 0 Å². The van der Waals surface area contributed by atoms with E-state index in [1.807, 2.05) is 27.7 Å². The molecule has 0 heterocycles. The van der Waals surface area contributed by atoms with Crippen LogP contribution in [0.2, 0.25) is 0 Å². The number of carbonyl (C=O) groups excluding carboxylic acids is 1. The third kappa shape index (κ3) is 10.0. The molecule has 0 rings (SSSR count). The number of hydrogen-bond donors (Lipinski definition) is 0. The molecule has 2 nitrogen and oxygen atoms in total. The van der Waals surface area contributed by atoms with Crippen LogP contribution in [0.4, 0.5) is 0 Å². The summed E-state index contributed by atoms with van der Waals surface area (Å²) in [4.78, 5) is 11.7. The number of rotatable bonds is 5. The fourth-order valence-corrected chi connectivity index (χ4v) is 1.32. The molecule has 1 atom stereocenters. The van der Waals surface area contributed by atoms with Crippen molar-refractivity contribution >= 4 is 57.4 Å². The SMILES string of the molecule is CCCCC(CC)C(=O)OC(C)(C)C.[KH]. The van der Waals surface area contributed by atoms with Crippen LogP contribution in [0.5, 0.6) is 0 Å². The van der Waals surface area contributed by atoms with Crippen molar-refractivity contribution in [3.8, 4) is 0 Å². The molecule has 0 bridgehead atoms. The molecular weight excluding hydrogens is 215 g/mol. The standard InChI is InChI=1S/C12H24O2.K.H/c1-6-8-9-10(7-2)11(13)14-12(3,4)5;;/h10H,6-9H2,1-5H3;;. The van der Waals surface area contributed by atoms with Crippen molar-refractivity contribution in [2.45, 2.75) is 65.9 Å². The van der Waals surface area contributed by atoms with E-state index < -0.39 is 0 Å². The van der Waals surface area contributed by atoms with Crippen LogP contribution in [0.3, 0.4) is 0 Å². The van der Waals surface area contributed by atoms with E-state index in [9.17, 15) is 4.79 Å². The van der Waals surface area contributed by atoms with Gasteiger partial charge in [0.2, 0.25) is 0 Å². The van der Waals surface area contributed by atoms with E-state index in [-0.39, 0.29) is 68.9 Å². The Hall–Kier alpha value is 1.11. The van der Waals surface area contributed by atoms with Gasteiger partial charge in [-0.1, -0.05) is 26.7 Å². The molecule has 3 heteroatoms. The Morgan fingerprint density at radius 3 is 2.13 bits per heavy atom. The molecule has 0 amide bonds. The van der Waals surface area contributed by atoms with Crippen molar-refractivity contribution in [2.24, 2.45) is 5.92 Å². The molecule has 0 saturated heterocycles. The van der Waals surface area contributed by atoms with Gasteiger partial charge in [0.15, 0.2) is 0 Å². The Bertz CT molecular complexity index is 173. The Morgan fingerprint density at radius 2 is 1.80 bits per heavy atom. The van der Waals surface area contributed by atoms with E-state index in [0.29, 0.717) is 0 Å². The zero-order chi connectivity index (χ0) is 11.2. The first-order chi connectivity index (χ1) is 6.40. The Balaban J connectivity index is 0. The summed E-state index contributed by atoms with van der Waals surface area (Å²) in [5, 5.41) is 0. The van der Waals surface area contributed by atoms with E-state index in [1.165, 1.54) is 0 Å². The Morgan fingerprint density at radius 1 is 1.27 bits per heavy atom. The van der Waals surface area contributed by atoms with Crippen molar-refractivity contribution in [3.05, 3.63) is 0 Å². The van der Waals surface area contributed by atoms with Crippen molar-refractivity contribution < 1.29 is 9.53 Å². The second kappa shape index (κ2) is 9.17. The van der Waals surface area contributed by atoms with E-state index >= 15 is 0 Å². The first-order valence-corrected chi connectivity index (χ1v) is 5.63. The summed E-state index contributed by atoms with van der Waals surface area (Å²) in [5.74, 6) is 0.0580. The molecule has 0 aliphatic carbocycles. The number of carbonyl (C=O) groups is 1. The maximum atomic E-state index is 11.7. The van der Waals surface area contributed by atoms with Gasteiger partial charge in [0, 0.05) is 0 Å². The summed E-state index contributed by atoms with van der Waals surface area (Å²) in [6.45, 7) is 9.93. The molecule has 0 aliphatic rings. The molecule has 86 valence electrons. The first kappa shape index (κ1) is 18.5. The van der Waals surface area contributed by atoms with Gasteiger partial charge in [-0.25, -0.2) is 0 Å². The monoisotopic (exact) mass is 240 g/mol. The predicted molar refractivity (Wildman–Crippen MR) is 66.3 cm³/mol. The molecule has 0 aromatic carbocycles. The van der Waals surface area contributed by atoms with Gasteiger partial charge in [-0.3, -0.25) is 4.79 Å². The second-order valence-electron chi connectivity index (χ2n) is 4.78. The van der Waals surface area contributed by atoms with Crippen molar-refractivity contribution in [3.63, 3.8) is 0 Å². The zero-order valence-corrected chi connectivity index (χ0v) is 10.2. The molecule has 1 unspecified atom stereocenters. The molecular formula is C12H25KO2. The fourth-order valence-electron chi connectivity index (χ4n) is 1.32. The molecule has 0 spiro atoms. The average Bonchev–Trinajstić information content (AvgIpc) is 2.02. The van der Waals surface area contributed by atoms with Crippen molar-refractivity contribution in [2.75, 3.05) is 0 Å². The second-order valence-corrected chi connectivity index (χ2v) is 4.78. The topological polar surface area (TPSA) is 26.3 Å². The van der Waals surface area contributed by atoms with Gasteiger partial charge < -0.3 is 4.74 Å². The minimum absolute atomic E-state index is 0. The Kier molecular flexibility index (Phi) is 11.3. The van der Waals surface area contributed by atoms with Crippen LogP contribution in [-0.2, 0) is 9.53 Å². The number of unbranched alkanes of at least 4 members (excludes halogenated alkanes) is 1. The molecule has 0 aromatic heterocycles. The van der Waals surface area contributed by atoms with Gasteiger partial charge in [0.25, 0.3) is 0 Å². The third-order valence-electron chi connectivity index (χ3n) is 2.14. The quantitative estimate of drug-likeness (QED) is 0.545. The van der Waals surface area contributed by atoms with Gasteiger partial charge >= 0.3 is 57.4 Å². The van der Waals surface area contributed by atoms with Crippen LogP contribution in [0, 0.1) is 5.92 Å². The van der Waals surface area contributed by atoms with Gasteiger partial charge in [0.1, 0.15) is 5.60 Å². The van der Waals surface area contributed by atoms with Gasteiger partial charge in [-0.2, -0.15) is 0 Å². The molecule has 0 saturated carbocycles. The molecule has 0 N–H and O–H groups in total.